The zero-order valence-corrected chi connectivity index (χ0v) is 17.4. The first kappa shape index (κ1) is 21.2. The van der Waals surface area contributed by atoms with Gasteiger partial charge in [-0.15, -0.1) is 0 Å². The second kappa shape index (κ2) is 8.06. The molecule has 0 spiro atoms. The number of nitrogens with one attached hydrogen (secondary N) is 1. The quantitative estimate of drug-likeness (QED) is 0.670. The first-order valence-corrected chi connectivity index (χ1v) is 9.51. The minimum Gasteiger partial charge on any atom is -0.444 e. The van der Waals surface area contributed by atoms with E-state index < -0.39 is 29.4 Å². The lowest BCUT2D eigenvalue weighted by molar-refractivity contribution is -0.120. The molecule has 0 saturated carbocycles. The van der Waals surface area contributed by atoms with Crippen molar-refractivity contribution in [3.05, 3.63) is 58.6 Å². The standard InChI is InChI=1S/C22H25N3O5/c1-22(2,3)30-20(27)24-16(19(23)26)11-13-5-7-14(8-6-13)15-9-10-18-17(12-15)25(4)21(28)29-18/h5-10,12,16H,11H2,1-4H3,(H2,23,26)(H,24,27)/t16-/m0/s1. The number of primary amides is 1. The third kappa shape index (κ3) is 4.89. The third-order valence-corrected chi connectivity index (χ3v) is 4.55. The van der Waals surface area contributed by atoms with Crippen molar-refractivity contribution in [2.75, 3.05) is 0 Å². The lowest BCUT2D eigenvalue weighted by atomic mass is 10.00. The Hall–Kier alpha value is -3.55. The van der Waals surface area contributed by atoms with Gasteiger partial charge in [-0.25, -0.2) is 9.59 Å². The molecule has 3 N–H and O–H groups in total. The van der Waals surface area contributed by atoms with Gasteiger partial charge in [0.2, 0.25) is 5.91 Å². The Balaban J connectivity index is 1.75. The fourth-order valence-corrected chi connectivity index (χ4v) is 3.05. The fraction of sp³-hybridized carbons (Fsp3) is 0.318. The highest BCUT2D eigenvalue weighted by molar-refractivity contribution is 5.84. The number of carbonyl (C=O) groups is 2. The number of alkyl carbamates (subject to hydrolysis) is 1. The van der Waals surface area contributed by atoms with E-state index in [1.165, 1.54) is 4.57 Å². The van der Waals surface area contributed by atoms with E-state index in [0.717, 1.165) is 16.7 Å². The van der Waals surface area contributed by atoms with Crippen LogP contribution >= 0.6 is 0 Å². The van der Waals surface area contributed by atoms with Gasteiger partial charge in [-0.05, 0) is 49.6 Å². The largest absolute Gasteiger partial charge is 0.444 e. The molecule has 0 saturated heterocycles. The zero-order valence-electron chi connectivity index (χ0n) is 17.4. The number of oxazole rings is 1. The molecule has 3 rings (SSSR count). The summed E-state index contributed by atoms with van der Waals surface area (Å²) in [7, 11) is 1.66. The lowest BCUT2D eigenvalue weighted by Crippen LogP contribution is -2.47. The molecular weight excluding hydrogens is 386 g/mol. The molecule has 30 heavy (non-hydrogen) atoms. The molecule has 158 valence electrons. The van der Waals surface area contributed by atoms with Crippen molar-refractivity contribution in [3.8, 4) is 11.1 Å². The van der Waals surface area contributed by atoms with Gasteiger partial charge in [0.1, 0.15) is 11.6 Å². The summed E-state index contributed by atoms with van der Waals surface area (Å²) in [6.07, 6.45) is -0.452. The normalized spacial score (nSPS) is 12.5. The Morgan fingerprint density at radius 1 is 1.13 bits per heavy atom. The average molecular weight is 411 g/mol. The molecule has 0 aliphatic carbocycles. The van der Waals surface area contributed by atoms with E-state index in [0.29, 0.717) is 11.1 Å². The molecule has 0 bridgehead atoms. The Kier molecular flexibility index (Phi) is 5.69. The monoisotopic (exact) mass is 411 g/mol. The number of benzene rings is 2. The Morgan fingerprint density at radius 2 is 1.77 bits per heavy atom. The number of ether oxygens (including phenoxy) is 1. The minimum atomic E-state index is -0.887. The number of hydrogen-bond acceptors (Lipinski definition) is 5. The summed E-state index contributed by atoms with van der Waals surface area (Å²) in [5, 5.41) is 2.52. The summed E-state index contributed by atoms with van der Waals surface area (Å²) in [5.41, 5.74) is 8.69. The first-order valence-electron chi connectivity index (χ1n) is 9.51. The molecule has 8 nitrogen and oxygen atoms in total. The van der Waals surface area contributed by atoms with Crippen LogP contribution in [-0.4, -0.2) is 28.2 Å². The lowest BCUT2D eigenvalue weighted by Gasteiger charge is -2.22. The molecule has 0 fully saturated rings. The maximum atomic E-state index is 12.0. The van der Waals surface area contributed by atoms with Crippen LogP contribution in [0.15, 0.2) is 51.7 Å². The van der Waals surface area contributed by atoms with Crippen molar-refractivity contribution in [2.24, 2.45) is 12.8 Å². The van der Waals surface area contributed by atoms with Crippen LogP contribution in [0.3, 0.4) is 0 Å². The Labute approximate surface area is 173 Å². The second-order valence-corrected chi connectivity index (χ2v) is 8.11. The minimum absolute atomic E-state index is 0.240. The van der Waals surface area contributed by atoms with Crippen molar-refractivity contribution in [1.82, 2.24) is 9.88 Å². The molecule has 1 heterocycles. The van der Waals surface area contributed by atoms with E-state index in [1.807, 2.05) is 36.4 Å². The van der Waals surface area contributed by atoms with E-state index in [4.69, 9.17) is 14.9 Å². The van der Waals surface area contributed by atoms with Crippen molar-refractivity contribution in [2.45, 2.75) is 38.8 Å². The van der Waals surface area contributed by atoms with Crippen LogP contribution < -0.4 is 16.8 Å². The molecule has 0 aliphatic heterocycles. The Morgan fingerprint density at radius 3 is 2.37 bits per heavy atom. The highest BCUT2D eigenvalue weighted by atomic mass is 16.6. The van der Waals surface area contributed by atoms with Gasteiger partial charge in [0.05, 0.1) is 5.52 Å². The molecule has 0 aliphatic rings. The number of hydrogen-bond donors (Lipinski definition) is 2. The van der Waals surface area contributed by atoms with Crippen LogP contribution in [0.5, 0.6) is 0 Å². The number of aryl methyl sites for hydroxylation is 1. The summed E-state index contributed by atoms with van der Waals surface area (Å²) in [6, 6.07) is 12.2. The molecule has 0 radical (unpaired) electrons. The van der Waals surface area contributed by atoms with Gasteiger partial charge < -0.3 is 20.2 Å². The summed E-state index contributed by atoms with van der Waals surface area (Å²) in [6.45, 7) is 5.22. The van der Waals surface area contributed by atoms with Crippen LogP contribution in [0.25, 0.3) is 22.2 Å². The van der Waals surface area contributed by atoms with Crippen molar-refractivity contribution in [1.29, 1.82) is 0 Å². The number of nitrogens with two attached hydrogens (primary N) is 1. The number of fused-ring (bicyclic) bond motifs is 1. The molecule has 0 unspecified atom stereocenters. The summed E-state index contributed by atoms with van der Waals surface area (Å²) >= 11 is 0. The third-order valence-electron chi connectivity index (χ3n) is 4.55. The predicted molar refractivity (Wildman–Crippen MR) is 113 cm³/mol. The first-order chi connectivity index (χ1) is 14.0. The smallest absolute Gasteiger partial charge is 0.419 e. The van der Waals surface area contributed by atoms with E-state index >= 15 is 0 Å². The van der Waals surface area contributed by atoms with Crippen molar-refractivity contribution >= 4 is 23.1 Å². The average Bonchev–Trinajstić information content (AvgIpc) is 2.94. The van der Waals surface area contributed by atoms with Crippen LogP contribution in [0.2, 0.25) is 0 Å². The maximum absolute atomic E-state index is 12.0. The maximum Gasteiger partial charge on any atom is 0.419 e. The van der Waals surface area contributed by atoms with E-state index in [1.54, 1.807) is 33.9 Å². The van der Waals surface area contributed by atoms with Gasteiger partial charge in [-0.3, -0.25) is 9.36 Å². The number of aromatic nitrogens is 1. The summed E-state index contributed by atoms with van der Waals surface area (Å²) < 4.78 is 11.8. The van der Waals surface area contributed by atoms with E-state index in [2.05, 4.69) is 5.32 Å². The van der Waals surface area contributed by atoms with Gasteiger partial charge in [0.25, 0.3) is 0 Å². The van der Waals surface area contributed by atoms with Crippen molar-refractivity contribution < 1.29 is 18.7 Å². The highest BCUT2D eigenvalue weighted by Gasteiger charge is 2.23. The van der Waals surface area contributed by atoms with Gasteiger partial charge in [0, 0.05) is 13.5 Å². The Bertz CT molecular complexity index is 1140. The van der Waals surface area contributed by atoms with Gasteiger partial charge >= 0.3 is 11.8 Å². The summed E-state index contributed by atoms with van der Waals surface area (Å²) in [4.78, 5) is 35.4. The number of nitrogens with zero attached hydrogens (tertiary/aromatic N) is 1. The van der Waals surface area contributed by atoms with E-state index in [9.17, 15) is 14.4 Å². The summed E-state index contributed by atoms with van der Waals surface area (Å²) in [5.74, 6) is -1.05. The molecule has 1 atom stereocenters. The fourth-order valence-electron chi connectivity index (χ4n) is 3.05. The zero-order chi connectivity index (χ0) is 22.1. The van der Waals surface area contributed by atoms with Gasteiger partial charge in [-0.2, -0.15) is 0 Å². The number of rotatable bonds is 5. The molecule has 1 aromatic heterocycles. The van der Waals surface area contributed by atoms with Crippen LogP contribution in [-0.2, 0) is 23.0 Å². The van der Waals surface area contributed by atoms with Crippen LogP contribution in [0.1, 0.15) is 26.3 Å². The molecule has 2 aromatic carbocycles. The molecule has 2 amide bonds. The van der Waals surface area contributed by atoms with Crippen LogP contribution in [0, 0.1) is 0 Å². The van der Waals surface area contributed by atoms with Crippen molar-refractivity contribution in [3.63, 3.8) is 0 Å². The van der Waals surface area contributed by atoms with E-state index in [-0.39, 0.29) is 6.42 Å². The molecular formula is C22H25N3O5. The molecule has 8 heteroatoms. The number of carbonyl (C=O) groups excluding carboxylic acids is 2. The van der Waals surface area contributed by atoms with Gasteiger partial charge in [0.15, 0.2) is 5.58 Å². The predicted octanol–water partition coefficient (Wildman–Crippen LogP) is 2.72. The number of amides is 2. The van der Waals surface area contributed by atoms with Crippen LogP contribution in [0.4, 0.5) is 4.79 Å². The second-order valence-electron chi connectivity index (χ2n) is 8.11. The molecule has 3 aromatic rings. The SMILES string of the molecule is Cn1c(=O)oc2ccc(-c3ccc(C[C@H](NC(=O)OC(C)(C)C)C(N)=O)cc3)cc21. The van der Waals surface area contributed by atoms with Gasteiger partial charge in [-0.1, -0.05) is 30.3 Å². The highest BCUT2D eigenvalue weighted by Crippen LogP contribution is 2.24. The topological polar surface area (TPSA) is 117 Å².